The summed E-state index contributed by atoms with van der Waals surface area (Å²) in [5, 5.41) is 0.613. The van der Waals surface area contributed by atoms with E-state index in [1.807, 2.05) is 16.5 Å². The van der Waals surface area contributed by atoms with Crippen molar-refractivity contribution in [1.82, 2.24) is 9.47 Å². The predicted octanol–water partition coefficient (Wildman–Crippen LogP) is 4.10. The third-order valence-corrected chi connectivity index (χ3v) is 6.93. The average Bonchev–Trinajstić information content (AvgIpc) is 3.33. The van der Waals surface area contributed by atoms with Gasteiger partial charge in [-0.3, -0.25) is 9.59 Å². The molecule has 2 amide bonds. The maximum Gasteiger partial charge on any atom is 0.272 e. The fraction of sp³-hybridized carbons (Fsp3) is 0.385. The van der Waals surface area contributed by atoms with Crippen LogP contribution in [0.5, 0.6) is 0 Å². The van der Waals surface area contributed by atoms with Crippen molar-refractivity contribution in [3.63, 3.8) is 0 Å². The van der Waals surface area contributed by atoms with Gasteiger partial charge in [-0.15, -0.1) is 0 Å². The van der Waals surface area contributed by atoms with Gasteiger partial charge in [-0.25, -0.2) is 4.39 Å². The van der Waals surface area contributed by atoms with Crippen molar-refractivity contribution in [1.29, 1.82) is 0 Å². The number of aryl methyl sites for hydroxylation is 2. The van der Waals surface area contributed by atoms with Crippen molar-refractivity contribution < 1.29 is 14.0 Å². The Bertz CT molecular complexity index is 1250. The molecule has 0 aliphatic carbocycles. The molecular formula is C26H29FN4O2. The average molecular weight is 449 g/mol. The Kier molecular flexibility index (Phi) is 5.35. The number of carbonyl (C=O) groups excluding carboxylic acids is 2. The molecule has 33 heavy (non-hydrogen) atoms. The number of piperazine rings is 1. The van der Waals surface area contributed by atoms with Crippen molar-refractivity contribution in [2.75, 3.05) is 36.0 Å². The molecule has 0 unspecified atom stereocenters. The molecule has 0 bridgehead atoms. The van der Waals surface area contributed by atoms with Crippen molar-refractivity contribution in [3.05, 3.63) is 59.5 Å². The number of carbonyl (C=O) groups is 2. The van der Waals surface area contributed by atoms with Crippen LogP contribution in [-0.2, 0) is 11.8 Å². The minimum absolute atomic E-state index is 0.0153. The fourth-order valence-corrected chi connectivity index (χ4v) is 5.28. The monoisotopic (exact) mass is 448 g/mol. The number of aromatic nitrogens is 1. The van der Waals surface area contributed by atoms with Crippen molar-refractivity contribution >= 4 is 34.1 Å². The van der Waals surface area contributed by atoms with Gasteiger partial charge < -0.3 is 19.3 Å². The minimum Gasteiger partial charge on any atom is -0.365 e. The molecule has 0 N–H and O–H groups in total. The molecule has 2 fully saturated rings. The first kappa shape index (κ1) is 21.5. The lowest BCUT2D eigenvalue weighted by Crippen LogP contribution is -2.54. The largest absolute Gasteiger partial charge is 0.365 e. The zero-order chi connectivity index (χ0) is 23.3. The second-order valence-electron chi connectivity index (χ2n) is 9.20. The molecule has 7 heteroatoms. The van der Waals surface area contributed by atoms with Crippen LogP contribution in [-0.4, -0.2) is 53.5 Å². The van der Waals surface area contributed by atoms with Gasteiger partial charge in [-0.2, -0.15) is 0 Å². The Balaban J connectivity index is 1.50. The van der Waals surface area contributed by atoms with Crippen LogP contribution in [0.1, 0.15) is 35.8 Å². The molecular weight excluding hydrogens is 419 g/mol. The van der Waals surface area contributed by atoms with Crippen LogP contribution in [0.15, 0.2) is 42.5 Å². The predicted molar refractivity (Wildman–Crippen MR) is 128 cm³/mol. The summed E-state index contributed by atoms with van der Waals surface area (Å²) >= 11 is 0. The van der Waals surface area contributed by atoms with E-state index in [-0.39, 0.29) is 23.7 Å². The van der Waals surface area contributed by atoms with Crippen LogP contribution in [0.4, 0.5) is 15.8 Å². The summed E-state index contributed by atoms with van der Waals surface area (Å²) in [5.74, 6) is -0.501. The van der Waals surface area contributed by atoms with Crippen molar-refractivity contribution in [2.24, 2.45) is 7.05 Å². The lowest BCUT2D eigenvalue weighted by molar-refractivity contribution is -0.117. The van der Waals surface area contributed by atoms with Crippen LogP contribution >= 0.6 is 0 Å². The molecule has 3 heterocycles. The minimum atomic E-state index is -0.375. The number of benzene rings is 2. The summed E-state index contributed by atoms with van der Waals surface area (Å²) in [6.07, 6.45) is 1.19. The van der Waals surface area contributed by atoms with E-state index < -0.39 is 0 Å². The lowest BCUT2D eigenvalue weighted by atomic mass is 10.1. The first-order chi connectivity index (χ1) is 15.8. The second-order valence-corrected chi connectivity index (χ2v) is 9.20. The highest BCUT2D eigenvalue weighted by Gasteiger charge is 2.35. The van der Waals surface area contributed by atoms with E-state index in [2.05, 4.69) is 43.0 Å². The van der Waals surface area contributed by atoms with Crippen LogP contribution in [0.3, 0.4) is 0 Å². The highest BCUT2D eigenvalue weighted by Crippen LogP contribution is 2.37. The Morgan fingerprint density at radius 3 is 2.61 bits per heavy atom. The summed E-state index contributed by atoms with van der Waals surface area (Å²) in [7, 11) is 1.82. The third-order valence-electron chi connectivity index (χ3n) is 6.93. The zero-order valence-electron chi connectivity index (χ0n) is 19.3. The number of halogens is 1. The quantitative estimate of drug-likeness (QED) is 0.606. The number of hydrogen-bond acceptors (Lipinski definition) is 3. The van der Waals surface area contributed by atoms with Gasteiger partial charge in [0.05, 0.1) is 11.2 Å². The number of fused-ring (bicyclic) bond motifs is 1. The van der Waals surface area contributed by atoms with E-state index >= 15 is 0 Å². The zero-order valence-corrected chi connectivity index (χ0v) is 19.3. The van der Waals surface area contributed by atoms with Gasteiger partial charge in [0.1, 0.15) is 11.5 Å². The molecule has 0 radical (unpaired) electrons. The Morgan fingerprint density at radius 2 is 1.91 bits per heavy atom. The number of rotatable bonds is 3. The summed E-state index contributed by atoms with van der Waals surface area (Å²) < 4.78 is 16.0. The number of hydrogen-bond donors (Lipinski definition) is 0. The fourth-order valence-electron chi connectivity index (χ4n) is 5.28. The number of anilines is 2. The molecule has 5 rings (SSSR count). The van der Waals surface area contributed by atoms with Crippen molar-refractivity contribution in [2.45, 2.75) is 32.7 Å². The Labute approximate surface area is 193 Å². The highest BCUT2D eigenvalue weighted by atomic mass is 19.1. The maximum atomic E-state index is 14.2. The molecule has 3 aromatic rings. The van der Waals surface area contributed by atoms with Gasteiger partial charge in [0.25, 0.3) is 5.91 Å². The van der Waals surface area contributed by atoms with E-state index in [4.69, 9.17) is 0 Å². The number of nitrogens with zero attached hydrogens (tertiary/aromatic N) is 4. The van der Waals surface area contributed by atoms with E-state index in [1.54, 1.807) is 11.0 Å². The van der Waals surface area contributed by atoms with E-state index in [1.165, 1.54) is 17.7 Å². The molecule has 0 spiro atoms. The maximum absolute atomic E-state index is 14.2. The molecule has 172 valence electrons. The van der Waals surface area contributed by atoms with Gasteiger partial charge in [-0.1, -0.05) is 12.1 Å². The Hall–Kier alpha value is -3.35. The molecule has 1 aromatic heterocycles. The molecule has 2 aliphatic rings. The van der Waals surface area contributed by atoms with Gasteiger partial charge >= 0.3 is 0 Å². The molecule has 1 atom stereocenters. The second kappa shape index (κ2) is 8.21. The van der Waals surface area contributed by atoms with E-state index in [0.717, 1.165) is 24.2 Å². The molecule has 2 saturated heterocycles. The summed E-state index contributed by atoms with van der Waals surface area (Å²) in [4.78, 5) is 32.4. The topological polar surface area (TPSA) is 48.8 Å². The molecule has 2 aromatic carbocycles. The van der Waals surface area contributed by atoms with Gasteiger partial charge in [0.2, 0.25) is 5.91 Å². The first-order valence-electron chi connectivity index (χ1n) is 11.6. The van der Waals surface area contributed by atoms with Gasteiger partial charge in [0, 0.05) is 56.8 Å². The smallest absolute Gasteiger partial charge is 0.272 e. The van der Waals surface area contributed by atoms with E-state index in [9.17, 15) is 14.0 Å². The number of amides is 2. The molecule has 0 saturated carbocycles. The highest BCUT2D eigenvalue weighted by molar-refractivity contribution is 6.14. The lowest BCUT2D eigenvalue weighted by Gasteiger charge is -2.41. The van der Waals surface area contributed by atoms with Crippen LogP contribution in [0.2, 0.25) is 0 Å². The summed E-state index contributed by atoms with van der Waals surface area (Å²) in [6, 6.07) is 13.1. The van der Waals surface area contributed by atoms with Crippen LogP contribution < -0.4 is 9.80 Å². The third kappa shape index (κ3) is 3.65. The standard InChI is InChI=1S/C26H29FN4O2/c1-17-6-4-7-20(14-17)30-13-12-29(16-18(30)2)26(33)25-24(31-11-5-8-23(31)32)21-15-19(27)9-10-22(21)28(25)3/h4,6-7,9-10,14-15,18H,5,8,11-13,16H2,1-3H3/t18-/m1/s1. The van der Waals surface area contributed by atoms with Gasteiger partial charge in [0.15, 0.2) is 0 Å². The normalized spacial score (nSPS) is 19.1. The molecule has 6 nitrogen and oxygen atoms in total. The summed E-state index contributed by atoms with van der Waals surface area (Å²) in [5.41, 5.74) is 4.13. The van der Waals surface area contributed by atoms with Crippen LogP contribution in [0.25, 0.3) is 10.9 Å². The SMILES string of the molecule is Cc1cccc(N2CCN(C(=O)c3c(N4CCCC4=O)c4cc(F)ccc4n3C)C[C@H]2C)c1. The van der Waals surface area contributed by atoms with E-state index in [0.29, 0.717) is 42.8 Å². The molecule has 2 aliphatic heterocycles. The first-order valence-corrected chi connectivity index (χ1v) is 11.6. The van der Waals surface area contributed by atoms with Crippen LogP contribution in [0, 0.1) is 12.7 Å². The van der Waals surface area contributed by atoms with Crippen molar-refractivity contribution in [3.8, 4) is 0 Å². The Morgan fingerprint density at radius 1 is 1.09 bits per heavy atom. The van der Waals surface area contributed by atoms with Gasteiger partial charge in [-0.05, 0) is 56.2 Å². The summed E-state index contributed by atoms with van der Waals surface area (Å²) in [6.45, 7) is 6.65.